The summed E-state index contributed by atoms with van der Waals surface area (Å²) in [6.07, 6.45) is 1.52. The topological polar surface area (TPSA) is 64.6 Å². The van der Waals surface area contributed by atoms with Gasteiger partial charge in [-0.05, 0) is 36.5 Å². The summed E-state index contributed by atoms with van der Waals surface area (Å²) in [5, 5.41) is 2.75. The molecular formula is C17H25NO4. The predicted molar refractivity (Wildman–Crippen MR) is 84.7 cm³/mol. The summed E-state index contributed by atoms with van der Waals surface area (Å²) < 4.78 is 9.83. The van der Waals surface area contributed by atoms with Gasteiger partial charge in [0.25, 0.3) is 0 Å². The highest BCUT2D eigenvalue weighted by Gasteiger charge is 2.22. The second kappa shape index (κ2) is 9.07. The highest BCUT2D eigenvalue weighted by Crippen LogP contribution is 2.13. The Morgan fingerprint density at radius 1 is 1.14 bits per heavy atom. The van der Waals surface area contributed by atoms with Crippen LogP contribution in [0.3, 0.4) is 0 Å². The van der Waals surface area contributed by atoms with Crippen LogP contribution < -0.4 is 10.1 Å². The third-order valence-corrected chi connectivity index (χ3v) is 3.33. The molecule has 0 aromatic heterocycles. The van der Waals surface area contributed by atoms with Crippen LogP contribution in [0.5, 0.6) is 5.75 Å². The zero-order chi connectivity index (χ0) is 16.5. The summed E-state index contributed by atoms with van der Waals surface area (Å²) in [6, 6.07) is 7.01. The number of carbonyl (C=O) groups is 2. The summed E-state index contributed by atoms with van der Waals surface area (Å²) in [6.45, 7) is 4.00. The Kier molecular flexibility index (Phi) is 7.43. The van der Waals surface area contributed by atoms with Crippen LogP contribution in [0.15, 0.2) is 24.3 Å². The van der Waals surface area contributed by atoms with E-state index in [1.165, 1.54) is 7.11 Å². The first-order chi connectivity index (χ1) is 10.5. The third kappa shape index (κ3) is 6.16. The van der Waals surface area contributed by atoms with E-state index in [1.807, 2.05) is 38.1 Å². The summed E-state index contributed by atoms with van der Waals surface area (Å²) in [5.74, 6) is 0.542. The number of benzene rings is 1. The van der Waals surface area contributed by atoms with Gasteiger partial charge in [-0.25, -0.2) is 4.79 Å². The molecule has 1 aromatic rings. The molecule has 0 heterocycles. The third-order valence-electron chi connectivity index (χ3n) is 3.33. The normalized spacial score (nSPS) is 11.9. The first kappa shape index (κ1) is 18.0. The van der Waals surface area contributed by atoms with Gasteiger partial charge in [-0.15, -0.1) is 0 Å². The van der Waals surface area contributed by atoms with Crippen molar-refractivity contribution in [2.75, 3.05) is 14.2 Å². The molecule has 1 N–H and O–H groups in total. The van der Waals surface area contributed by atoms with E-state index in [0.717, 1.165) is 11.3 Å². The lowest BCUT2D eigenvalue weighted by Gasteiger charge is -2.18. The molecule has 0 saturated carbocycles. The van der Waals surface area contributed by atoms with Crippen LogP contribution >= 0.6 is 0 Å². The number of esters is 1. The minimum absolute atomic E-state index is 0.146. The van der Waals surface area contributed by atoms with Crippen molar-refractivity contribution in [3.63, 3.8) is 0 Å². The molecule has 0 aliphatic rings. The monoisotopic (exact) mass is 307 g/mol. The van der Waals surface area contributed by atoms with Gasteiger partial charge in [0.1, 0.15) is 11.8 Å². The Hall–Kier alpha value is -2.04. The van der Waals surface area contributed by atoms with E-state index in [-0.39, 0.29) is 5.91 Å². The highest BCUT2D eigenvalue weighted by molar-refractivity contribution is 5.84. The lowest BCUT2D eigenvalue weighted by molar-refractivity contribution is -0.145. The van der Waals surface area contributed by atoms with Crippen molar-refractivity contribution in [2.24, 2.45) is 5.92 Å². The molecule has 0 radical (unpaired) electrons. The zero-order valence-corrected chi connectivity index (χ0v) is 13.7. The Balaban J connectivity index is 2.50. The van der Waals surface area contributed by atoms with Gasteiger partial charge in [0, 0.05) is 6.42 Å². The van der Waals surface area contributed by atoms with Crippen molar-refractivity contribution in [3.05, 3.63) is 29.8 Å². The molecule has 0 bridgehead atoms. The average molecular weight is 307 g/mol. The van der Waals surface area contributed by atoms with Crippen molar-refractivity contribution < 1.29 is 19.1 Å². The van der Waals surface area contributed by atoms with E-state index in [9.17, 15) is 9.59 Å². The minimum atomic E-state index is -0.576. The maximum absolute atomic E-state index is 12.0. The van der Waals surface area contributed by atoms with Gasteiger partial charge in [-0.1, -0.05) is 26.0 Å². The number of methoxy groups -OCH3 is 2. The molecule has 1 rings (SSSR count). The van der Waals surface area contributed by atoms with Gasteiger partial charge >= 0.3 is 5.97 Å². The van der Waals surface area contributed by atoms with Crippen molar-refractivity contribution >= 4 is 11.9 Å². The van der Waals surface area contributed by atoms with Gasteiger partial charge in [0.05, 0.1) is 14.2 Å². The SMILES string of the molecule is COC(=O)C(CC(C)C)NC(=O)CCc1ccc(OC)cc1. The van der Waals surface area contributed by atoms with E-state index >= 15 is 0 Å². The van der Waals surface area contributed by atoms with E-state index < -0.39 is 12.0 Å². The number of amides is 1. The van der Waals surface area contributed by atoms with Gasteiger partial charge in [0.15, 0.2) is 0 Å². The number of hydrogen-bond donors (Lipinski definition) is 1. The van der Waals surface area contributed by atoms with Crippen molar-refractivity contribution in [1.82, 2.24) is 5.32 Å². The lowest BCUT2D eigenvalue weighted by Crippen LogP contribution is -2.42. The van der Waals surface area contributed by atoms with Gasteiger partial charge < -0.3 is 14.8 Å². The van der Waals surface area contributed by atoms with E-state index in [2.05, 4.69) is 5.32 Å². The molecule has 1 aromatic carbocycles. The van der Waals surface area contributed by atoms with Crippen molar-refractivity contribution in [3.8, 4) is 5.75 Å². The van der Waals surface area contributed by atoms with Crippen LogP contribution in [-0.2, 0) is 20.7 Å². The quantitative estimate of drug-likeness (QED) is 0.749. The highest BCUT2D eigenvalue weighted by atomic mass is 16.5. The number of rotatable bonds is 8. The van der Waals surface area contributed by atoms with Gasteiger partial charge in [0.2, 0.25) is 5.91 Å². The molecule has 1 atom stereocenters. The molecule has 0 aliphatic carbocycles. The maximum atomic E-state index is 12.0. The zero-order valence-electron chi connectivity index (χ0n) is 13.7. The first-order valence-corrected chi connectivity index (χ1v) is 7.46. The summed E-state index contributed by atoms with van der Waals surface area (Å²) >= 11 is 0. The fraction of sp³-hybridized carbons (Fsp3) is 0.529. The lowest BCUT2D eigenvalue weighted by atomic mass is 10.0. The number of carbonyl (C=O) groups excluding carboxylic acids is 2. The molecule has 122 valence electrons. The molecule has 1 unspecified atom stereocenters. The molecule has 1 amide bonds. The molecule has 0 fully saturated rings. The number of aryl methyl sites for hydroxylation is 1. The van der Waals surface area contributed by atoms with E-state index in [0.29, 0.717) is 25.2 Å². The van der Waals surface area contributed by atoms with Crippen LogP contribution in [0.4, 0.5) is 0 Å². The molecule has 0 aliphatic heterocycles. The van der Waals surface area contributed by atoms with Crippen LogP contribution in [-0.4, -0.2) is 32.1 Å². The standard InChI is InChI=1S/C17H25NO4/c1-12(2)11-15(17(20)22-4)18-16(19)10-7-13-5-8-14(21-3)9-6-13/h5-6,8-9,12,15H,7,10-11H2,1-4H3,(H,18,19). The van der Waals surface area contributed by atoms with E-state index in [4.69, 9.17) is 9.47 Å². The average Bonchev–Trinajstić information content (AvgIpc) is 2.51. The second-order valence-corrected chi connectivity index (χ2v) is 5.62. The van der Waals surface area contributed by atoms with Gasteiger partial charge in [-0.3, -0.25) is 4.79 Å². The first-order valence-electron chi connectivity index (χ1n) is 7.46. The summed E-state index contributed by atoms with van der Waals surface area (Å²) in [7, 11) is 2.95. The number of hydrogen-bond acceptors (Lipinski definition) is 4. The Bertz CT molecular complexity index is 482. The van der Waals surface area contributed by atoms with Gasteiger partial charge in [-0.2, -0.15) is 0 Å². The maximum Gasteiger partial charge on any atom is 0.328 e. The fourth-order valence-electron chi connectivity index (χ4n) is 2.14. The largest absolute Gasteiger partial charge is 0.497 e. The minimum Gasteiger partial charge on any atom is -0.497 e. The fourth-order valence-corrected chi connectivity index (χ4v) is 2.14. The Morgan fingerprint density at radius 2 is 1.77 bits per heavy atom. The molecule has 5 nitrogen and oxygen atoms in total. The van der Waals surface area contributed by atoms with Crippen LogP contribution in [0.1, 0.15) is 32.3 Å². The summed E-state index contributed by atoms with van der Waals surface area (Å²) in [4.78, 5) is 23.7. The molecular weight excluding hydrogens is 282 g/mol. The van der Waals surface area contributed by atoms with E-state index in [1.54, 1.807) is 7.11 Å². The summed E-state index contributed by atoms with van der Waals surface area (Å²) in [5.41, 5.74) is 1.05. The number of ether oxygens (including phenoxy) is 2. The van der Waals surface area contributed by atoms with Crippen molar-refractivity contribution in [1.29, 1.82) is 0 Å². The van der Waals surface area contributed by atoms with Crippen LogP contribution in [0.25, 0.3) is 0 Å². The molecule has 0 spiro atoms. The van der Waals surface area contributed by atoms with Crippen LogP contribution in [0.2, 0.25) is 0 Å². The second-order valence-electron chi connectivity index (χ2n) is 5.62. The molecule has 22 heavy (non-hydrogen) atoms. The van der Waals surface area contributed by atoms with Crippen LogP contribution in [0, 0.1) is 5.92 Å². The molecule has 5 heteroatoms. The van der Waals surface area contributed by atoms with Crippen molar-refractivity contribution in [2.45, 2.75) is 39.2 Å². The Labute approximate surface area is 132 Å². The molecule has 0 saturated heterocycles. The Morgan fingerprint density at radius 3 is 2.27 bits per heavy atom. The smallest absolute Gasteiger partial charge is 0.328 e. The predicted octanol–water partition coefficient (Wildman–Crippen LogP) is 2.33. The number of nitrogens with one attached hydrogen (secondary N) is 1.